The van der Waals surface area contributed by atoms with E-state index < -0.39 is 8.07 Å². The van der Waals surface area contributed by atoms with Gasteiger partial charge >= 0.3 is 0 Å². The van der Waals surface area contributed by atoms with Crippen molar-refractivity contribution in [3.63, 3.8) is 0 Å². The van der Waals surface area contributed by atoms with Gasteiger partial charge in [-0.2, -0.15) is 0 Å². The van der Waals surface area contributed by atoms with E-state index >= 15 is 0 Å². The highest BCUT2D eigenvalue weighted by Crippen LogP contribution is 2.34. The summed E-state index contributed by atoms with van der Waals surface area (Å²) < 4.78 is 8.03. The summed E-state index contributed by atoms with van der Waals surface area (Å²) in [5.74, 6) is 0.866. The Morgan fingerprint density at radius 1 is 1.18 bits per heavy atom. The first-order valence-electron chi connectivity index (χ1n) is 9.26. The van der Waals surface area contributed by atoms with E-state index in [0.29, 0.717) is 6.73 Å². The van der Waals surface area contributed by atoms with Gasteiger partial charge in [0.05, 0.1) is 11.1 Å². The number of hydrogen-bond acceptors (Lipinski definition) is 7. The average Bonchev–Trinajstić information content (AvgIpc) is 3.03. The van der Waals surface area contributed by atoms with Gasteiger partial charge in [0.15, 0.2) is 5.16 Å². The first-order chi connectivity index (χ1) is 13.3. The summed E-state index contributed by atoms with van der Waals surface area (Å²) in [7, 11) is 2.86. The maximum absolute atomic E-state index is 5.99. The molecule has 9 heteroatoms. The van der Waals surface area contributed by atoms with Crippen LogP contribution < -0.4 is 4.90 Å². The third-order valence-corrected chi connectivity index (χ3v) is 6.64. The van der Waals surface area contributed by atoms with Crippen molar-refractivity contribution < 1.29 is 4.74 Å². The van der Waals surface area contributed by atoms with Gasteiger partial charge in [0.1, 0.15) is 24.5 Å². The molecule has 0 aliphatic rings. The minimum atomic E-state index is -1.12. The van der Waals surface area contributed by atoms with Crippen LogP contribution >= 0.6 is 11.8 Å². The van der Waals surface area contributed by atoms with Crippen molar-refractivity contribution in [2.45, 2.75) is 37.6 Å². The fourth-order valence-corrected chi connectivity index (χ4v) is 3.98. The van der Waals surface area contributed by atoms with Crippen molar-refractivity contribution in [3.05, 3.63) is 24.8 Å². The number of aromatic nitrogens is 5. The third-order valence-electron chi connectivity index (χ3n) is 4.38. The standard InChI is InChI=1S/C19H28N6OSSi/c1-24(2)17-16-14(15-7-8-20-19(23-15)27-3)11-25(18(16)22-12-21-17)13-26-9-10-28(4,5)6/h7-8,11-12H,9-10,13H2,1-6H3. The van der Waals surface area contributed by atoms with Crippen molar-refractivity contribution in [2.75, 3.05) is 31.9 Å². The van der Waals surface area contributed by atoms with E-state index in [9.17, 15) is 0 Å². The quantitative estimate of drug-likeness (QED) is 0.238. The van der Waals surface area contributed by atoms with E-state index in [2.05, 4.69) is 45.8 Å². The van der Waals surface area contributed by atoms with Crippen molar-refractivity contribution in [1.82, 2.24) is 24.5 Å². The molecule has 0 radical (unpaired) electrons. The van der Waals surface area contributed by atoms with Gasteiger partial charge in [-0.15, -0.1) is 0 Å². The number of nitrogens with zero attached hydrogens (tertiary/aromatic N) is 6. The van der Waals surface area contributed by atoms with Crippen LogP contribution in [0.3, 0.4) is 0 Å². The second kappa shape index (κ2) is 8.58. The Morgan fingerprint density at radius 3 is 2.64 bits per heavy atom. The number of anilines is 1. The number of thioether (sulfide) groups is 1. The van der Waals surface area contributed by atoms with Gasteiger partial charge in [-0.25, -0.2) is 19.9 Å². The summed E-state index contributed by atoms with van der Waals surface area (Å²) in [6, 6.07) is 3.07. The molecule has 0 saturated carbocycles. The van der Waals surface area contributed by atoms with Gasteiger partial charge in [0.2, 0.25) is 0 Å². The summed E-state index contributed by atoms with van der Waals surface area (Å²) in [4.78, 5) is 20.0. The topological polar surface area (TPSA) is 69.0 Å². The summed E-state index contributed by atoms with van der Waals surface area (Å²) >= 11 is 1.53. The van der Waals surface area contributed by atoms with Crippen molar-refractivity contribution >= 4 is 36.7 Å². The van der Waals surface area contributed by atoms with Crippen molar-refractivity contribution in [2.24, 2.45) is 0 Å². The maximum atomic E-state index is 5.99. The van der Waals surface area contributed by atoms with Crippen LogP contribution in [-0.4, -0.2) is 59.5 Å². The highest BCUT2D eigenvalue weighted by Gasteiger charge is 2.19. The van der Waals surface area contributed by atoms with Gasteiger partial charge in [-0.05, 0) is 18.4 Å². The minimum absolute atomic E-state index is 0.464. The third kappa shape index (κ3) is 4.71. The van der Waals surface area contributed by atoms with Crippen LogP contribution in [0.25, 0.3) is 22.3 Å². The first-order valence-corrected chi connectivity index (χ1v) is 14.2. The van der Waals surface area contributed by atoms with Gasteiger partial charge in [0, 0.05) is 46.7 Å². The zero-order valence-corrected chi connectivity index (χ0v) is 19.2. The number of ether oxygens (including phenoxy) is 1. The SMILES string of the molecule is CSc1nccc(-c2cn(COCC[Si](C)(C)C)c3ncnc(N(C)C)c23)n1. The molecule has 7 nitrogen and oxygen atoms in total. The molecule has 0 bridgehead atoms. The smallest absolute Gasteiger partial charge is 0.187 e. The normalized spacial score (nSPS) is 11.9. The molecule has 0 saturated heterocycles. The van der Waals surface area contributed by atoms with Crippen LogP contribution in [0.2, 0.25) is 25.7 Å². The Morgan fingerprint density at radius 2 is 1.96 bits per heavy atom. The Hall–Kier alpha value is -1.97. The lowest BCUT2D eigenvalue weighted by Crippen LogP contribution is -2.22. The Kier molecular flexibility index (Phi) is 6.36. The Labute approximate surface area is 171 Å². The van der Waals surface area contributed by atoms with Gasteiger partial charge < -0.3 is 14.2 Å². The van der Waals surface area contributed by atoms with E-state index in [-0.39, 0.29) is 0 Å². The molecule has 0 unspecified atom stereocenters. The fraction of sp³-hybridized carbons (Fsp3) is 0.474. The zero-order chi connectivity index (χ0) is 20.3. The molecule has 3 heterocycles. The molecule has 3 aromatic rings. The highest BCUT2D eigenvalue weighted by molar-refractivity contribution is 7.98. The summed E-state index contributed by atoms with van der Waals surface area (Å²) in [5.41, 5.74) is 2.71. The average molecular weight is 417 g/mol. The molecule has 0 amide bonds. The second-order valence-corrected chi connectivity index (χ2v) is 14.5. The monoisotopic (exact) mass is 416 g/mol. The lowest BCUT2D eigenvalue weighted by atomic mass is 10.1. The molecule has 150 valence electrons. The maximum Gasteiger partial charge on any atom is 0.187 e. The lowest BCUT2D eigenvalue weighted by Gasteiger charge is -2.16. The summed E-state index contributed by atoms with van der Waals surface area (Å²) in [6.45, 7) is 8.30. The van der Waals surface area contributed by atoms with Crippen LogP contribution in [0, 0.1) is 0 Å². The zero-order valence-electron chi connectivity index (χ0n) is 17.4. The van der Waals surface area contributed by atoms with E-state index in [1.54, 1.807) is 12.5 Å². The predicted octanol–water partition coefficient (Wildman–Crippen LogP) is 3.99. The second-order valence-electron chi connectivity index (χ2n) is 8.08. The molecule has 0 spiro atoms. The van der Waals surface area contributed by atoms with Gasteiger partial charge in [-0.1, -0.05) is 31.4 Å². The molecule has 0 aliphatic heterocycles. The molecule has 0 aromatic carbocycles. The van der Waals surface area contributed by atoms with Crippen LogP contribution in [0.4, 0.5) is 5.82 Å². The number of rotatable bonds is 8. The Bertz CT molecular complexity index is 953. The van der Waals surface area contributed by atoms with Crippen LogP contribution in [0.1, 0.15) is 0 Å². The van der Waals surface area contributed by atoms with Crippen molar-refractivity contribution in [1.29, 1.82) is 0 Å². The van der Waals surface area contributed by atoms with Gasteiger partial charge in [0.25, 0.3) is 0 Å². The molecule has 3 aromatic heterocycles. The molecule has 0 aliphatic carbocycles. The van der Waals surface area contributed by atoms with E-state index in [1.807, 2.05) is 35.9 Å². The van der Waals surface area contributed by atoms with Gasteiger partial charge in [-0.3, -0.25) is 0 Å². The highest BCUT2D eigenvalue weighted by atomic mass is 32.2. The van der Waals surface area contributed by atoms with Crippen molar-refractivity contribution in [3.8, 4) is 11.3 Å². The first kappa shape index (κ1) is 20.8. The molecular weight excluding hydrogens is 388 g/mol. The van der Waals surface area contributed by atoms with E-state index in [1.165, 1.54) is 11.8 Å². The molecular formula is C19H28N6OSSi. The molecule has 0 atom stereocenters. The molecule has 3 rings (SSSR count). The fourth-order valence-electron chi connectivity index (χ4n) is 2.87. The van der Waals surface area contributed by atoms with Crippen LogP contribution in [0.15, 0.2) is 29.9 Å². The summed E-state index contributed by atoms with van der Waals surface area (Å²) in [6.07, 6.45) is 7.44. The molecule has 0 N–H and O–H groups in total. The molecule has 0 fully saturated rings. The Balaban J connectivity index is 2.02. The van der Waals surface area contributed by atoms with E-state index in [0.717, 1.165) is 45.9 Å². The van der Waals surface area contributed by atoms with E-state index in [4.69, 9.17) is 4.74 Å². The number of hydrogen-bond donors (Lipinski definition) is 0. The minimum Gasteiger partial charge on any atom is -0.362 e. The summed E-state index contributed by atoms with van der Waals surface area (Å²) in [5, 5.41) is 1.72. The predicted molar refractivity (Wildman–Crippen MR) is 119 cm³/mol. The number of fused-ring (bicyclic) bond motifs is 1. The largest absolute Gasteiger partial charge is 0.362 e. The van der Waals surface area contributed by atoms with Crippen LogP contribution in [0.5, 0.6) is 0 Å². The molecule has 28 heavy (non-hydrogen) atoms. The lowest BCUT2D eigenvalue weighted by molar-refractivity contribution is 0.0899. The van der Waals surface area contributed by atoms with Crippen LogP contribution in [-0.2, 0) is 11.5 Å².